The second-order valence-corrected chi connectivity index (χ2v) is 4.03. The molecule has 1 aromatic heterocycles. The fraction of sp³-hybridized carbons (Fsp3) is 0.700. The SMILES string of the molecule is CC(=O)C1CCCN(Cc2ncon2)C1. The average molecular weight is 209 g/mol. The molecule has 0 N–H and O–H groups in total. The standard InChI is InChI=1S/C10H15N3O2/c1-8(14)9-3-2-4-13(5-9)6-10-11-7-15-12-10/h7,9H,2-6H2,1H3. The minimum Gasteiger partial charge on any atom is -0.343 e. The molecule has 1 saturated heterocycles. The first-order valence-electron chi connectivity index (χ1n) is 5.24. The third-order valence-electron chi connectivity index (χ3n) is 2.85. The van der Waals surface area contributed by atoms with Crippen molar-refractivity contribution in [2.45, 2.75) is 26.3 Å². The Bertz CT molecular complexity index is 323. The maximum Gasteiger partial charge on any atom is 0.213 e. The van der Waals surface area contributed by atoms with E-state index in [4.69, 9.17) is 0 Å². The van der Waals surface area contributed by atoms with Gasteiger partial charge in [0.25, 0.3) is 0 Å². The van der Waals surface area contributed by atoms with Crippen LogP contribution < -0.4 is 0 Å². The molecule has 0 radical (unpaired) electrons. The lowest BCUT2D eigenvalue weighted by Gasteiger charge is -2.30. The minimum absolute atomic E-state index is 0.186. The van der Waals surface area contributed by atoms with Crippen LogP contribution in [0.4, 0.5) is 0 Å². The number of likely N-dealkylation sites (tertiary alicyclic amines) is 1. The van der Waals surface area contributed by atoms with Crippen LogP contribution in [0.15, 0.2) is 10.9 Å². The third kappa shape index (κ3) is 2.62. The van der Waals surface area contributed by atoms with Gasteiger partial charge in [-0.25, -0.2) is 0 Å². The molecule has 0 spiro atoms. The molecule has 1 aliphatic rings. The molecule has 15 heavy (non-hydrogen) atoms. The van der Waals surface area contributed by atoms with E-state index in [1.807, 2.05) is 0 Å². The van der Waals surface area contributed by atoms with Gasteiger partial charge in [0.05, 0.1) is 6.54 Å². The molecule has 0 bridgehead atoms. The largest absolute Gasteiger partial charge is 0.343 e. The lowest BCUT2D eigenvalue weighted by Crippen LogP contribution is -2.37. The second kappa shape index (κ2) is 4.53. The van der Waals surface area contributed by atoms with Crippen LogP contribution in [0.5, 0.6) is 0 Å². The Balaban J connectivity index is 1.90. The second-order valence-electron chi connectivity index (χ2n) is 4.03. The Morgan fingerprint density at radius 2 is 2.60 bits per heavy atom. The van der Waals surface area contributed by atoms with Crippen LogP contribution >= 0.6 is 0 Å². The normalized spacial score (nSPS) is 22.9. The molecule has 2 rings (SSSR count). The Labute approximate surface area is 88.5 Å². The highest BCUT2D eigenvalue weighted by Gasteiger charge is 2.23. The molecule has 1 unspecified atom stereocenters. The summed E-state index contributed by atoms with van der Waals surface area (Å²) in [5.41, 5.74) is 0. The highest BCUT2D eigenvalue weighted by molar-refractivity contribution is 5.78. The predicted molar refractivity (Wildman–Crippen MR) is 53.0 cm³/mol. The van der Waals surface area contributed by atoms with Crippen molar-refractivity contribution in [3.8, 4) is 0 Å². The molecule has 82 valence electrons. The molecule has 0 amide bonds. The lowest BCUT2D eigenvalue weighted by atomic mass is 9.95. The number of carbonyl (C=O) groups excluding carboxylic acids is 1. The predicted octanol–water partition coefficient (Wildman–Crippen LogP) is 0.871. The molecule has 5 heteroatoms. The van der Waals surface area contributed by atoms with Crippen molar-refractivity contribution in [2.75, 3.05) is 13.1 Å². The van der Waals surface area contributed by atoms with Gasteiger partial charge in [-0.1, -0.05) is 5.16 Å². The van der Waals surface area contributed by atoms with Gasteiger partial charge in [0.15, 0.2) is 5.82 Å². The summed E-state index contributed by atoms with van der Waals surface area (Å²) in [7, 11) is 0. The van der Waals surface area contributed by atoms with Crippen LogP contribution in [0, 0.1) is 5.92 Å². The molecule has 0 aromatic carbocycles. The van der Waals surface area contributed by atoms with Crippen molar-refractivity contribution in [1.29, 1.82) is 0 Å². The zero-order valence-electron chi connectivity index (χ0n) is 8.85. The van der Waals surface area contributed by atoms with Crippen molar-refractivity contribution in [2.24, 2.45) is 5.92 Å². The first-order valence-corrected chi connectivity index (χ1v) is 5.24. The van der Waals surface area contributed by atoms with Crippen molar-refractivity contribution < 1.29 is 9.32 Å². The smallest absolute Gasteiger partial charge is 0.213 e. The van der Waals surface area contributed by atoms with E-state index in [1.54, 1.807) is 6.92 Å². The first-order chi connectivity index (χ1) is 7.25. The van der Waals surface area contributed by atoms with E-state index < -0.39 is 0 Å². The van der Waals surface area contributed by atoms with E-state index in [0.29, 0.717) is 12.4 Å². The molecule has 1 aliphatic heterocycles. The van der Waals surface area contributed by atoms with Crippen molar-refractivity contribution in [1.82, 2.24) is 15.0 Å². The summed E-state index contributed by atoms with van der Waals surface area (Å²) in [6, 6.07) is 0. The Morgan fingerprint density at radius 1 is 1.73 bits per heavy atom. The molecule has 1 aromatic rings. The van der Waals surface area contributed by atoms with E-state index in [2.05, 4.69) is 19.6 Å². The fourth-order valence-electron chi connectivity index (χ4n) is 1.99. The molecular weight excluding hydrogens is 194 g/mol. The summed E-state index contributed by atoms with van der Waals surface area (Å²) < 4.78 is 4.68. The number of ketones is 1. The molecule has 0 aliphatic carbocycles. The summed E-state index contributed by atoms with van der Waals surface area (Å²) in [6.07, 6.45) is 3.42. The van der Waals surface area contributed by atoms with E-state index in [9.17, 15) is 4.79 Å². The van der Waals surface area contributed by atoms with Gasteiger partial charge in [-0.2, -0.15) is 4.98 Å². The molecule has 0 saturated carbocycles. The number of carbonyl (C=O) groups is 1. The van der Waals surface area contributed by atoms with Gasteiger partial charge in [0, 0.05) is 12.5 Å². The molecular formula is C10H15N3O2. The van der Waals surface area contributed by atoms with Gasteiger partial charge in [-0.05, 0) is 26.3 Å². The number of hydrogen-bond acceptors (Lipinski definition) is 5. The topological polar surface area (TPSA) is 59.2 Å². The maximum atomic E-state index is 11.3. The molecule has 1 atom stereocenters. The minimum atomic E-state index is 0.186. The van der Waals surface area contributed by atoms with E-state index in [1.165, 1.54) is 6.39 Å². The van der Waals surface area contributed by atoms with E-state index in [-0.39, 0.29) is 11.7 Å². The van der Waals surface area contributed by atoms with Crippen LogP contribution in [0.25, 0.3) is 0 Å². The van der Waals surface area contributed by atoms with Crippen molar-refractivity contribution in [3.05, 3.63) is 12.2 Å². The van der Waals surface area contributed by atoms with Gasteiger partial charge in [-0.15, -0.1) is 0 Å². The third-order valence-corrected chi connectivity index (χ3v) is 2.85. The number of aromatic nitrogens is 2. The summed E-state index contributed by atoms with van der Waals surface area (Å²) in [6.45, 7) is 4.19. The number of Topliss-reactive ketones (excluding diaryl/α,β-unsaturated/α-hetero) is 1. The van der Waals surface area contributed by atoms with Gasteiger partial charge < -0.3 is 4.52 Å². The lowest BCUT2D eigenvalue weighted by molar-refractivity contribution is -0.122. The van der Waals surface area contributed by atoms with Crippen LogP contribution in [-0.4, -0.2) is 33.9 Å². The maximum absolute atomic E-state index is 11.3. The summed E-state index contributed by atoms with van der Waals surface area (Å²) in [4.78, 5) is 17.5. The van der Waals surface area contributed by atoms with Gasteiger partial charge in [0.2, 0.25) is 6.39 Å². The zero-order chi connectivity index (χ0) is 10.7. The van der Waals surface area contributed by atoms with Crippen LogP contribution in [0.3, 0.4) is 0 Å². The molecule has 1 fully saturated rings. The van der Waals surface area contributed by atoms with E-state index >= 15 is 0 Å². The Kier molecular flexibility index (Phi) is 3.11. The van der Waals surface area contributed by atoms with E-state index in [0.717, 1.165) is 25.9 Å². The molecule has 2 heterocycles. The number of rotatable bonds is 3. The van der Waals surface area contributed by atoms with Crippen LogP contribution in [0.1, 0.15) is 25.6 Å². The van der Waals surface area contributed by atoms with Gasteiger partial charge >= 0.3 is 0 Å². The number of nitrogens with zero attached hydrogens (tertiary/aromatic N) is 3. The number of hydrogen-bond donors (Lipinski definition) is 0. The van der Waals surface area contributed by atoms with Crippen molar-refractivity contribution >= 4 is 5.78 Å². The van der Waals surface area contributed by atoms with Crippen molar-refractivity contribution in [3.63, 3.8) is 0 Å². The quantitative estimate of drug-likeness (QED) is 0.739. The average Bonchev–Trinajstić information content (AvgIpc) is 2.71. The summed E-state index contributed by atoms with van der Waals surface area (Å²) >= 11 is 0. The van der Waals surface area contributed by atoms with Crippen LogP contribution in [0.2, 0.25) is 0 Å². The van der Waals surface area contributed by atoms with Gasteiger partial charge in [0.1, 0.15) is 5.78 Å². The first kappa shape index (κ1) is 10.3. The highest BCUT2D eigenvalue weighted by atomic mass is 16.5. The molecule has 5 nitrogen and oxygen atoms in total. The fourth-order valence-corrected chi connectivity index (χ4v) is 1.99. The summed E-state index contributed by atoms with van der Waals surface area (Å²) in [5, 5.41) is 3.77. The highest BCUT2D eigenvalue weighted by Crippen LogP contribution is 2.18. The van der Waals surface area contributed by atoms with Gasteiger partial charge in [-0.3, -0.25) is 9.69 Å². The number of piperidine rings is 1. The zero-order valence-corrected chi connectivity index (χ0v) is 8.85. The Hall–Kier alpha value is -1.23. The summed E-state index contributed by atoms with van der Waals surface area (Å²) in [5.74, 6) is 1.16. The van der Waals surface area contributed by atoms with Crippen LogP contribution in [-0.2, 0) is 11.3 Å². The Morgan fingerprint density at radius 3 is 3.27 bits per heavy atom. The monoisotopic (exact) mass is 209 g/mol.